The Hall–Kier alpha value is -2.60. The lowest BCUT2D eigenvalue weighted by Gasteiger charge is -2.19. The van der Waals surface area contributed by atoms with Crippen molar-refractivity contribution in [2.75, 3.05) is 24.5 Å². The number of benzene rings is 2. The third-order valence-electron chi connectivity index (χ3n) is 4.93. The van der Waals surface area contributed by atoms with E-state index in [0.717, 1.165) is 29.9 Å². The van der Waals surface area contributed by atoms with Crippen LogP contribution in [0.1, 0.15) is 16.9 Å². The third-order valence-corrected chi connectivity index (χ3v) is 5.17. The number of anilines is 1. The van der Waals surface area contributed by atoms with Crippen molar-refractivity contribution in [1.29, 1.82) is 0 Å². The fraction of sp³-hybridized carbons (Fsp3) is 0.250. The van der Waals surface area contributed by atoms with Crippen molar-refractivity contribution in [1.82, 2.24) is 10.3 Å². The molecular weight excluding hydrogens is 372 g/mol. The second kappa shape index (κ2) is 7.19. The lowest BCUT2D eigenvalue weighted by molar-refractivity contribution is 0.0944. The molecule has 2 heterocycles. The molecule has 140 valence electrons. The Bertz CT molecular complexity index is 1000. The molecule has 2 N–H and O–H groups in total. The number of hydrogen-bond donors (Lipinski definition) is 2. The zero-order valence-corrected chi connectivity index (χ0v) is 15.2. The summed E-state index contributed by atoms with van der Waals surface area (Å²) in [5.41, 5.74) is 1.97. The summed E-state index contributed by atoms with van der Waals surface area (Å²) >= 11 is 5.97. The van der Waals surface area contributed by atoms with E-state index in [9.17, 15) is 13.6 Å². The Morgan fingerprint density at radius 3 is 2.85 bits per heavy atom. The van der Waals surface area contributed by atoms with Crippen LogP contribution in [0.15, 0.2) is 42.5 Å². The van der Waals surface area contributed by atoms with E-state index < -0.39 is 11.6 Å². The first kappa shape index (κ1) is 17.8. The first-order valence-electron chi connectivity index (χ1n) is 8.76. The molecule has 1 aromatic heterocycles. The monoisotopic (exact) mass is 389 g/mol. The van der Waals surface area contributed by atoms with Gasteiger partial charge in [-0.15, -0.1) is 0 Å². The van der Waals surface area contributed by atoms with Crippen LogP contribution in [0.2, 0.25) is 5.02 Å². The highest BCUT2D eigenvalue weighted by atomic mass is 35.5. The van der Waals surface area contributed by atoms with Crippen molar-refractivity contribution in [3.8, 4) is 0 Å². The topological polar surface area (TPSA) is 48.1 Å². The van der Waals surface area contributed by atoms with Gasteiger partial charge >= 0.3 is 0 Å². The normalized spacial score (nSPS) is 16.9. The predicted octanol–water partition coefficient (Wildman–Crippen LogP) is 4.36. The molecule has 1 saturated heterocycles. The van der Waals surface area contributed by atoms with Crippen molar-refractivity contribution < 1.29 is 13.6 Å². The van der Waals surface area contributed by atoms with Crippen LogP contribution in [0.5, 0.6) is 0 Å². The fourth-order valence-electron chi connectivity index (χ4n) is 3.47. The first-order valence-corrected chi connectivity index (χ1v) is 9.14. The zero-order chi connectivity index (χ0) is 19.0. The molecule has 0 saturated carbocycles. The van der Waals surface area contributed by atoms with Gasteiger partial charge in [-0.1, -0.05) is 17.7 Å². The molecule has 7 heteroatoms. The number of halogens is 3. The number of rotatable bonds is 4. The highest BCUT2D eigenvalue weighted by molar-refractivity contribution is 6.31. The molecule has 27 heavy (non-hydrogen) atoms. The molecule has 1 amide bonds. The average molecular weight is 390 g/mol. The van der Waals surface area contributed by atoms with E-state index in [2.05, 4.69) is 10.3 Å². The summed E-state index contributed by atoms with van der Waals surface area (Å²) in [6, 6.07) is 11.2. The summed E-state index contributed by atoms with van der Waals surface area (Å²) in [5, 5.41) is 4.48. The number of fused-ring (bicyclic) bond motifs is 1. The van der Waals surface area contributed by atoms with Gasteiger partial charge in [-0.2, -0.15) is 0 Å². The molecule has 0 spiro atoms. The number of nitrogens with one attached hydrogen (secondary N) is 2. The number of aromatic nitrogens is 1. The van der Waals surface area contributed by atoms with Gasteiger partial charge in [0.15, 0.2) is 11.6 Å². The number of aromatic amines is 1. The third kappa shape index (κ3) is 3.76. The first-order chi connectivity index (χ1) is 13.0. The van der Waals surface area contributed by atoms with Gasteiger partial charge in [0.05, 0.1) is 0 Å². The van der Waals surface area contributed by atoms with Crippen LogP contribution in [0.25, 0.3) is 10.9 Å². The standard InChI is InChI=1S/C20H18ClF2N3O/c21-14-2-1-13-7-19(25-18(13)8-14)20(27)24-10-12-5-6-26(11-12)15-3-4-16(22)17(23)9-15/h1-4,7-9,12,25H,5-6,10-11H2,(H,24,27). The predicted molar refractivity (Wildman–Crippen MR) is 102 cm³/mol. The molecular formula is C20H18ClF2N3O. The second-order valence-electron chi connectivity index (χ2n) is 6.82. The highest BCUT2D eigenvalue weighted by Gasteiger charge is 2.24. The molecule has 4 nitrogen and oxygen atoms in total. The van der Waals surface area contributed by atoms with Crippen LogP contribution in [0, 0.1) is 17.6 Å². The molecule has 2 aromatic carbocycles. The minimum absolute atomic E-state index is 0.173. The number of carbonyl (C=O) groups excluding carboxylic acids is 1. The van der Waals surface area contributed by atoms with Crippen LogP contribution in [0.4, 0.5) is 14.5 Å². The number of H-pyrrole nitrogens is 1. The SMILES string of the molecule is O=C(NCC1CCN(c2ccc(F)c(F)c2)C1)c1cc2ccc(Cl)cc2[nH]1. The summed E-state index contributed by atoms with van der Waals surface area (Å²) < 4.78 is 26.5. The largest absolute Gasteiger partial charge is 0.371 e. The Kier molecular flexibility index (Phi) is 4.74. The number of hydrogen-bond acceptors (Lipinski definition) is 2. The van der Waals surface area contributed by atoms with E-state index in [4.69, 9.17) is 11.6 Å². The van der Waals surface area contributed by atoms with Crippen LogP contribution in [-0.2, 0) is 0 Å². The Morgan fingerprint density at radius 1 is 1.19 bits per heavy atom. The van der Waals surface area contributed by atoms with Gasteiger partial charge in [0, 0.05) is 47.3 Å². The molecule has 4 rings (SSSR count). The van der Waals surface area contributed by atoms with Gasteiger partial charge in [-0.05, 0) is 42.7 Å². The smallest absolute Gasteiger partial charge is 0.267 e. The van der Waals surface area contributed by atoms with Crippen LogP contribution in [0.3, 0.4) is 0 Å². The Labute approximate surface area is 160 Å². The van der Waals surface area contributed by atoms with E-state index in [1.54, 1.807) is 24.3 Å². The molecule has 1 aliphatic heterocycles. The van der Waals surface area contributed by atoms with Gasteiger partial charge in [0.1, 0.15) is 5.69 Å². The van der Waals surface area contributed by atoms with Crippen LogP contribution < -0.4 is 10.2 Å². The number of carbonyl (C=O) groups is 1. The molecule has 3 aromatic rings. The summed E-state index contributed by atoms with van der Waals surface area (Å²) in [4.78, 5) is 17.5. The lowest BCUT2D eigenvalue weighted by atomic mass is 10.1. The van der Waals surface area contributed by atoms with Crippen molar-refractivity contribution >= 4 is 34.1 Å². The van der Waals surface area contributed by atoms with Gasteiger partial charge < -0.3 is 15.2 Å². The van der Waals surface area contributed by atoms with Gasteiger partial charge in [0.25, 0.3) is 5.91 Å². The summed E-state index contributed by atoms with van der Waals surface area (Å²) in [6.45, 7) is 1.96. The fourth-order valence-corrected chi connectivity index (χ4v) is 3.64. The van der Waals surface area contributed by atoms with Crippen LogP contribution >= 0.6 is 11.6 Å². The minimum atomic E-state index is -0.846. The van der Waals surface area contributed by atoms with Crippen molar-refractivity contribution in [2.45, 2.75) is 6.42 Å². The van der Waals surface area contributed by atoms with Crippen molar-refractivity contribution in [3.63, 3.8) is 0 Å². The number of amides is 1. The maximum Gasteiger partial charge on any atom is 0.267 e. The van der Waals surface area contributed by atoms with Crippen molar-refractivity contribution in [3.05, 3.63) is 64.8 Å². The Morgan fingerprint density at radius 2 is 2.04 bits per heavy atom. The average Bonchev–Trinajstić information content (AvgIpc) is 3.28. The Balaban J connectivity index is 1.35. The molecule has 0 radical (unpaired) electrons. The molecule has 1 fully saturated rings. The number of nitrogens with zero attached hydrogens (tertiary/aromatic N) is 1. The van der Waals surface area contributed by atoms with Crippen LogP contribution in [-0.4, -0.2) is 30.5 Å². The maximum atomic E-state index is 13.4. The van der Waals surface area contributed by atoms with E-state index in [1.165, 1.54) is 6.07 Å². The van der Waals surface area contributed by atoms with Gasteiger partial charge in [0.2, 0.25) is 0 Å². The summed E-state index contributed by atoms with van der Waals surface area (Å²) in [7, 11) is 0. The highest BCUT2D eigenvalue weighted by Crippen LogP contribution is 2.25. The van der Waals surface area contributed by atoms with E-state index in [0.29, 0.717) is 29.5 Å². The minimum Gasteiger partial charge on any atom is -0.371 e. The molecule has 1 aliphatic rings. The molecule has 0 aliphatic carbocycles. The summed E-state index contributed by atoms with van der Waals surface area (Å²) in [5.74, 6) is -1.61. The molecule has 1 atom stereocenters. The van der Waals surface area contributed by atoms with Gasteiger partial charge in [-0.3, -0.25) is 4.79 Å². The van der Waals surface area contributed by atoms with Crippen molar-refractivity contribution in [2.24, 2.45) is 5.92 Å². The van der Waals surface area contributed by atoms with Gasteiger partial charge in [-0.25, -0.2) is 8.78 Å². The summed E-state index contributed by atoms with van der Waals surface area (Å²) in [6.07, 6.45) is 0.877. The lowest BCUT2D eigenvalue weighted by Crippen LogP contribution is -2.31. The molecule has 1 unspecified atom stereocenters. The van der Waals surface area contributed by atoms with E-state index in [-0.39, 0.29) is 11.8 Å². The van der Waals surface area contributed by atoms with E-state index >= 15 is 0 Å². The second-order valence-corrected chi connectivity index (χ2v) is 7.26. The quantitative estimate of drug-likeness (QED) is 0.696. The molecule has 0 bridgehead atoms. The maximum absolute atomic E-state index is 13.4. The zero-order valence-electron chi connectivity index (χ0n) is 14.4. The van der Waals surface area contributed by atoms with E-state index in [1.807, 2.05) is 11.0 Å².